The summed E-state index contributed by atoms with van der Waals surface area (Å²) in [5, 5.41) is 5.03. The number of carbonyl (C=O) groups is 1. The number of nitrogens with one attached hydrogen (secondary N) is 1. The summed E-state index contributed by atoms with van der Waals surface area (Å²) < 4.78 is 6.77. The molecule has 0 aliphatic rings. The van der Waals surface area contributed by atoms with Gasteiger partial charge < -0.3 is 9.73 Å². The second kappa shape index (κ2) is 8.64. The molecule has 1 unspecified atom stereocenters. The molecule has 0 saturated heterocycles. The Morgan fingerprint density at radius 3 is 2.77 bits per heavy atom. The summed E-state index contributed by atoms with van der Waals surface area (Å²) in [6.45, 7) is 3.88. The Hall–Kier alpha value is -1.92. The number of halogens is 1. The lowest BCUT2D eigenvalue weighted by Crippen LogP contribution is -2.34. The van der Waals surface area contributed by atoms with Crippen LogP contribution in [0.15, 0.2) is 50.7 Å². The molecule has 0 spiro atoms. The molecule has 3 rings (SSSR count). The van der Waals surface area contributed by atoms with Gasteiger partial charge in [-0.3, -0.25) is 4.79 Å². The number of carbonyl (C=O) groups excluding carboxylic acids is 1. The maximum absolute atomic E-state index is 12.3. The van der Waals surface area contributed by atoms with Crippen LogP contribution in [0.25, 0.3) is 10.8 Å². The summed E-state index contributed by atoms with van der Waals surface area (Å²) in [5.74, 6) is 1.26. The van der Waals surface area contributed by atoms with Crippen molar-refractivity contribution in [1.29, 1.82) is 0 Å². The standard InChI is InChI=1S/C20H21BrN2O2S/c1-13(5-6-15-7-9-16(21)10-8-15)22-19(24)12-17-14(2)25-20(23-17)18-4-3-11-26-18/h3-4,7-11,13H,5-6,12H2,1-2H3,(H,22,24). The Morgan fingerprint density at radius 1 is 1.31 bits per heavy atom. The highest BCUT2D eigenvalue weighted by Crippen LogP contribution is 2.26. The van der Waals surface area contributed by atoms with Gasteiger partial charge in [-0.05, 0) is 55.8 Å². The summed E-state index contributed by atoms with van der Waals surface area (Å²) in [4.78, 5) is 17.8. The predicted octanol–water partition coefficient (Wildman–Crippen LogP) is 5.15. The first-order valence-corrected chi connectivity index (χ1v) is 10.2. The molecule has 4 nitrogen and oxygen atoms in total. The fourth-order valence-electron chi connectivity index (χ4n) is 2.68. The van der Waals surface area contributed by atoms with E-state index in [4.69, 9.17) is 4.42 Å². The Morgan fingerprint density at radius 2 is 2.08 bits per heavy atom. The molecule has 1 amide bonds. The second-order valence-corrected chi connectivity index (χ2v) is 8.17. The number of oxazole rings is 1. The van der Waals surface area contributed by atoms with Gasteiger partial charge in [-0.2, -0.15) is 0 Å². The van der Waals surface area contributed by atoms with Crippen LogP contribution in [0, 0.1) is 6.92 Å². The lowest BCUT2D eigenvalue weighted by atomic mass is 10.1. The van der Waals surface area contributed by atoms with Gasteiger partial charge in [-0.1, -0.05) is 34.1 Å². The van der Waals surface area contributed by atoms with Crippen molar-refractivity contribution in [2.45, 2.75) is 39.2 Å². The zero-order valence-electron chi connectivity index (χ0n) is 14.8. The third kappa shape index (κ3) is 5.05. The topological polar surface area (TPSA) is 55.1 Å². The fraction of sp³-hybridized carbons (Fsp3) is 0.300. The van der Waals surface area contributed by atoms with Crippen molar-refractivity contribution in [3.63, 3.8) is 0 Å². The fourth-order valence-corrected chi connectivity index (χ4v) is 3.60. The third-order valence-corrected chi connectivity index (χ3v) is 5.53. The molecule has 2 heterocycles. The number of hydrogen-bond acceptors (Lipinski definition) is 4. The van der Waals surface area contributed by atoms with Crippen LogP contribution in [0.2, 0.25) is 0 Å². The van der Waals surface area contributed by atoms with Crippen LogP contribution < -0.4 is 5.32 Å². The first-order valence-electron chi connectivity index (χ1n) is 8.55. The maximum atomic E-state index is 12.3. The molecule has 0 aliphatic heterocycles. The molecule has 1 atom stereocenters. The molecule has 26 heavy (non-hydrogen) atoms. The Labute approximate surface area is 165 Å². The van der Waals surface area contributed by atoms with Crippen LogP contribution in [0.1, 0.15) is 30.4 Å². The van der Waals surface area contributed by atoms with Crippen molar-refractivity contribution in [2.24, 2.45) is 0 Å². The molecule has 1 aromatic carbocycles. The quantitative estimate of drug-likeness (QED) is 0.561. The Bertz CT molecular complexity index is 857. The molecule has 0 aliphatic carbocycles. The smallest absolute Gasteiger partial charge is 0.236 e. The van der Waals surface area contributed by atoms with Gasteiger partial charge in [0.2, 0.25) is 11.8 Å². The van der Waals surface area contributed by atoms with Crippen LogP contribution in [0.3, 0.4) is 0 Å². The van der Waals surface area contributed by atoms with E-state index in [1.165, 1.54) is 5.56 Å². The largest absolute Gasteiger partial charge is 0.440 e. The number of thiophene rings is 1. The minimum atomic E-state index is -0.0255. The summed E-state index contributed by atoms with van der Waals surface area (Å²) in [7, 11) is 0. The molecule has 136 valence electrons. The van der Waals surface area contributed by atoms with Crippen LogP contribution in [-0.4, -0.2) is 16.9 Å². The number of rotatable bonds is 7. The monoisotopic (exact) mass is 432 g/mol. The Kier molecular flexibility index (Phi) is 6.27. The van der Waals surface area contributed by atoms with Gasteiger partial charge in [-0.25, -0.2) is 4.98 Å². The number of benzene rings is 1. The van der Waals surface area contributed by atoms with E-state index in [2.05, 4.69) is 38.4 Å². The molecule has 0 bridgehead atoms. The number of nitrogens with zero attached hydrogens (tertiary/aromatic N) is 1. The summed E-state index contributed by atoms with van der Waals surface area (Å²) in [6, 6.07) is 12.3. The first kappa shape index (κ1) is 18.9. The predicted molar refractivity (Wildman–Crippen MR) is 108 cm³/mol. The maximum Gasteiger partial charge on any atom is 0.236 e. The van der Waals surface area contributed by atoms with Crippen molar-refractivity contribution in [1.82, 2.24) is 10.3 Å². The SMILES string of the molecule is Cc1oc(-c2cccs2)nc1CC(=O)NC(C)CCc1ccc(Br)cc1. The molecular formula is C20H21BrN2O2S. The zero-order chi connectivity index (χ0) is 18.5. The van der Waals surface area contributed by atoms with E-state index >= 15 is 0 Å². The normalized spacial score (nSPS) is 12.1. The molecule has 2 aromatic heterocycles. The van der Waals surface area contributed by atoms with Gasteiger partial charge in [0.15, 0.2) is 0 Å². The zero-order valence-corrected chi connectivity index (χ0v) is 17.2. The number of amides is 1. The lowest BCUT2D eigenvalue weighted by molar-refractivity contribution is -0.121. The average molecular weight is 433 g/mol. The summed E-state index contributed by atoms with van der Waals surface area (Å²) in [6.07, 6.45) is 2.06. The molecule has 3 aromatic rings. The van der Waals surface area contributed by atoms with Crippen LogP contribution in [-0.2, 0) is 17.6 Å². The van der Waals surface area contributed by atoms with Gasteiger partial charge in [0.25, 0.3) is 0 Å². The van der Waals surface area contributed by atoms with Crippen molar-refractivity contribution >= 4 is 33.2 Å². The van der Waals surface area contributed by atoms with E-state index in [0.29, 0.717) is 17.3 Å². The van der Waals surface area contributed by atoms with Crippen LogP contribution >= 0.6 is 27.3 Å². The molecule has 1 N–H and O–H groups in total. The number of hydrogen-bond donors (Lipinski definition) is 1. The minimum Gasteiger partial charge on any atom is -0.440 e. The first-order chi connectivity index (χ1) is 12.5. The Balaban J connectivity index is 1.51. The van der Waals surface area contributed by atoms with E-state index in [0.717, 1.165) is 22.2 Å². The van der Waals surface area contributed by atoms with Gasteiger partial charge >= 0.3 is 0 Å². The molecule has 0 fully saturated rings. The van der Waals surface area contributed by atoms with Crippen molar-refractivity contribution in [3.8, 4) is 10.8 Å². The lowest BCUT2D eigenvalue weighted by Gasteiger charge is -2.13. The molecule has 6 heteroatoms. The van der Waals surface area contributed by atoms with Gasteiger partial charge in [0, 0.05) is 10.5 Å². The van der Waals surface area contributed by atoms with E-state index < -0.39 is 0 Å². The van der Waals surface area contributed by atoms with E-state index in [1.807, 2.05) is 43.5 Å². The van der Waals surface area contributed by atoms with Crippen molar-refractivity contribution in [3.05, 3.63) is 63.3 Å². The van der Waals surface area contributed by atoms with Crippen molar-refractivity contribution < 1.29 is 9.21 Å². The average Bonchev–Trinajstić information content (AvgIpc) is 3.25. The van der Waals surface area contributed by atoms with Gasteiger partial charge in [0.05, 0.1) is 17.0 Å². The van der Waals surface area contributed by atoms with Gasteiger partial charge in [0.1, 0.15) is 5.76 Å². The van der Waals surface area contributed by atoms with E-state index in [-0.39, 0.29) is 18.4 Å². The number of aromatic nitrogens is 1. The highest BCUT2D eigenvalue weighted by molar-refractivity contribution is 9.10. The summed E-state index contributed by atoms with van der Waals surface area (Å²) in [5.41, 5.74) is 1.97. The highest BCUT2D eigenvalue weighted by Gasteiger charge is 2.16. The number of aryl methyl sites for hydroxylation is 2. The summed E-state index contributed by atoms with van der Waals surface area (Å²) >= 11 is 5.01. The van der Waals surface area contributed by atoms with E-state index in [1.54, 1.807) is 11.3 Å². The van der Waals surface area contributed by atoms with Crippen LogP contribution in [0.5, 0.6) is 0 Å². The van der Waals surface area contributed by atoms with E-state index in [9.17, 15) is 4.79 Å². The molecular weight excluding hydrogens is 412 g/mol. The second-order valence-electron chi connectivity index (χ2n) is 6.31. The van der Waals surface area contributed by atoms with Crippen molar-refractivity contribution in [2.75, 3.05) is 0 Å². The van der Waals surface area contributed by atoms with Gasteiger partial charge in [-0.15, -0.1) is 11.3 Å². The molecule has 0 radical (unpaired) electrons. The minimum absolute atomic E-state index is 0.0255. The third-order valence-electron chi connectivity index (χ3n) is 4.14. The van der Waals surface area contributed by atoms with Crippen LogP contribution in [0.4, 0.5) is 0 Å². The highest BCUT2D eigenvalue weighted by atomic mass is 79.9. The molecule has 0 saturated carbocycles.